The lowest BCUT2D eigenvalue weighted by molar-refractivity contribution is 0.0990. The highest BCUT2D eigenvalue weighted by atomic mass is 16.5. The van der Waals surface area contributed by atoms with Crippen molar-refractivity contribution < 1.29 is 9.53 Å². The molecule has 2 aromatic carbocycles. The fraction of sp³-hybridized carbons (Fsp3) is 0.278. The van der Waals surface area contributed by atoms with Crippen molar-refractivity contribution in [1.29, 1.82) is 0 Å². The SMILES string of the molecule is COc1ccccc1C(=O)Cc1ccc(C(C)C)cc1. The number of rotatable bonds is 5. The zero-order valence-electron chi connectivity index (χ0n) is 12.2. The number of Topliss-reactive ketones (excluding diaryl/α,β-unsaturated/α-hetero) is 1. The molecule has 0 unspecified atom stereocenters. The molecule has 2 heteroatoms. The first-order chi connectivity index (χ1) is 9.61. The van der Waals surface area contributed by atoms with E-state index in [1.54, 1.807) is 7.11 Å². The summed E-state index contributed by atoms with van der Waals surface area (Å²) < 4.78 is 5.23. The maximum Gasteiger partial charge on any atom is 0.170 e. The quantitative estimate of drug-likeness (QED) is 0.758. The Morgan fingerprint density at radius 3 is 2.30 bits per heavy atom. The van der Waals surface area contributed by atoms with Crippen LogP contribution in [0.3, 0.4) is 0 Å². The summed E-state index contributed by atoms with van der Waals surface area (Å²) >= 11 is 0. The summed E-state index contributed by atoms with van der Waals surface area (Å²) in [5.74, 6) is 1.23. The van der Waals surface area contributed by atoms with Gasteiger partial charge in [0.05, 0.1) is 12.7 Å². The van der Waals surface area contributed by atoms with Crippen molar-refractivity contribution in [3.8, 4) is 5.75 Å². The smallest absolute Gasteiger partial charge is 0.170 e. The number of carbonyl (C=O) groups excluding carboxylic acids is 1. The van der Waals surface area contributed by atoms with Crippen LogP contribution >= 0.6 is 0 Å². The van der Waals surface area contributed by atoms with Gasteiger partial charge in [0.1, 0.15) is 5.75 Å². The molecule has 0 radical (unpaired) electrons. The Balaban J connectivity index is 2.15. The molecule has 0 saturated carbocycles. The van der Waals surface area contributed by atoms with E-state index in [9.17, 15) is 4.79 Å². The Kier molecular flexibility index (Phi) is 4.57. The van der Waals surface area contributed by atoms with Crippen LogP contribution in [-0.4, -0.2) is 12.9 Å². The molecule has 0 heterocycles. The van der Waals surface area contributed by atoms with Crippen LogP contribution in [0.2, 0.25) is 0 Å². The van der Waals surface area contributed by atoms with Gasteiger partial charge in [-0.05, 0) is 29.2 Å². The largest absolute Gasteiger partial charge is 0.496 e. The minimum atomic E-state index is 0.0831. The maximum absolute atomic E-state index is 12.3. The van der Waals surface area contributed by atoms with Gasteiger partial charge >= 0.3 is 0 Å². The molecule has 0 aliphatic heterocycles. The van der Waals surface area contributed by atoms with Gasteiger partial charge in [0, 0.05) is 6.42 Å². The molecular formula is C18H20O2. The van der Waals surface area contributed by atoms with Crippen LogP contribution in [0.15, 0.2) is 48.5 Å². The molecule has 0 aromatic heterocycles. The Labute approximate surface area is 120 Å². The lowest BCUT2D eigenvalue weighted by atomic mass is 9.98. The van der Waals surface area contributed by atoms with Crippen LogP contribution in [-0.2, 0) is 6.42 Å². The van der Waals surface area contributed by atoms with Crippen LogP contribution in [0.5, 0.6) is 5.75 Å². The summed E-state index contributed by atoms with van der Waals surface area (Å²) in [5.41, 5.74) is 2.96. The minimum absolute atomic E-state index is 0.0831. The number of benzene rings is 2. The number of para-hydroxylation sites is 1. The molecule has 104 valence electrons. The van der Waals surface area contributed by atoms with Crippen molar-refractivity contribution in [2.75, 3.05) is 7.11 Å². The van der Waals surface area contributed by atoms with E-state index in [-0.39, 0.29) is 5.78 Å². The topological polar surface area (TPSA) is 26.3 Å². The van der Waals surface area contributed by atoms with E-state index in [1.807, 2.05) is 36.4 Å². The number of ketones is 1. The molecule has 2 rings (SSSR count). The molecule has 0 bridgehead atoms. The van der Waals surface area contributed by atoms with Gasteiger partial charge in [-0.3, -0.25) is 4.79 Å². The lowest BCUT2D eigenvalue weighted by Gasteiger charge is -2.09. The van der Waals surface area contributed by atoms with Gasteiger partial charge in [0.25, 0.3) is 0 Å². The first-order valence-corrected chi connectivity index (χ1v) is 6.87. The van der Waals surface area contributed by atoms with Gasteiger partial charge < -0.3 is 4.74 Å². The lowest BCUT2D eigenvalue weighted by Crippen LogP contribution is -2.05. The maximum atomic E-state index is 12.3. The van der Waals surface area contributed by atoms with Gasteiger partial charge in [-0.25, -0.2) is 0 Å². The molecule has 2 aromatic rings. The Morgan fingerprint density at radius 1 is 1.05 bits per heavy atom. The second-order valence-electron chi connectivity index (χ2n) is 5.20. The first-order valence-electron chi connectivity index (χ1n) is 6.87. The van der Waals surface area contributed by atoms with Crippen LogP contribution in [0.4, 0.5) is 0 Å². The molecule has 0 aliphatic carbocycles. The predicted octanol–water partition coefficient (Wildman–Crippen LogP) is 4.24. The molecule has 0 fully saturated rings. The zero-order valence-corrected chi connectivity index (χ0v) is 12.2. The Hall–Kier alpha value is -2.09. The van der Waals surface area contributed by atoms with E-state index in [4.69, 9.17) is 4.74 Å². The average molecular weight is 268 g/mol. The van der Waals surface area contributed by atoms with Crippen LogP contribution in [0, 0.1) is 0 Å². The van der Waals surface area contributed by atoms with Crippen molar-refractivity contribution in [1.82, 2.24) is 0 Å². The van der Waals surface area contributed by atoms with Gasteiger partial charge in [-0.1, -0.05) is 50.2 Å². The normalized spacial score (nSPS) is 10.6. The third kappa shape index (κ3) is 3.27. The molecular weight excluding hydrogens is 248 g/mol. The highest BCUT2D eigenvalue weighted by Crippen LogP contribution is 2.20. The fourth-order valence-corrected chi connectivity index (χ4v) is 2.18. The molecule has 0 amide bonds. The summed E-state index contributed by atoms with van der Waals surface area (Å²) in [6, 6.07) is 15.6. The third-order valence-corrected chi connectivity index (χ3v) is 3.42. The van der Waals surface area contributed by atoms with Crippen molar-refractivity contribution in [3.63, 3.8) is 0 Å². The van der Waals surface area contributed by atoms with Crippen molar-refractivity contribution >= 4 is 5.78 Å². The Morgan fingerprint density at radius 2 is 1.70 bits per heavy atom. The molecule has 2 nitrogen and oxygen atoms in total. The van der Waals surface area contributed by atoms with E-state index in [2.05, 4.69) is 26.0 Å². The highest BCUT2D eigenvalue weighted by Gasteiger charge is 2.12. The Bertz CT molecular complexity index is 583. The minimum Gasteiger partial charge on any atom is -0.496 e. The summed E-state index contributed by atoms with van der Waals surface area (Å²) in [7, 11) is 1.59. The summed E-state index contributed by atoms with van der Waals surface area (Å²) in [5, 5.41) is 0. The van der Waals surface area contributed by atoms with Crippen molar-refractivity contribution in [3.05, 3.63) is 65.2 Å². The monoisotopic (exact) mass is 268 g/mol. The number of hydrogen-bond donors (Lipinski definition) is 0. The fourth-order valence-electron chi connectivity index (χ4n) is 2.18. The summed E-state index contributed by atoms with van der Waals surface area (Å²) in [4.78, 5) is 12.3. The molecule has 0 N–H and O–H groups in total. The number of hydrogen-bond acceptors (Lipinski definition) is 2. The molecule has 0 atom stereocenters. The van der Waals surface area contributed by atoms with E-state index in [0.717, 1.165) is 5.56 Å². The van der Waals surface area contributed by atoms with E-state index in [0.29, 0.717) is 23.7 Å². The standard InChI is InChI=1S/C18H20O2/c1-13(2)15-10-8-14(9-11-15)12-17(19)16-6-4-5-7-18(16)20-3/h4-11,13H,12H2,1-3H3. The number of methoxy groups -OCH3 is 1. The molecule has 20 heavy (non-hydrogen) atoms. The highest BCUT2D eigenvalue weighted by molar-refractivity contribution is 5.99. The van der Waals surface area contributed by atoms with Gasteiger partial charge in [-0.2, -0.15) is 0 Å². The van der Waals surface area contributed by atoms with Gasteiger partial charge in [-0.15, -0.1) is 0 Å². The third-order valence-electron chi connectivity index (χ3n) is 3.42. The van der Waals surface area contributed by atoms with Gasteiger partial charge in [0.15, 0.2) is 5.78 Å². The summed E-state index contributed by atoms with van der Waals surface area (Å²) in [6.45, 7) is 4.32. The van der Waals surface area contributed by atoms with Gasteiger partial charge in [0.2, 0.25) is 0 Å². The molecule has 0 saturated heterocycles. The predicted molar refractivity (Wildman–Crippen MR) is 81.6 cm³/mol. The van der Waals surface area contributed by atoms with Crippen molar-refractivity contribution in [2.24, 2.45) is 0 Å². The second-order valence-corrected chi connectivity index (χ2v) is 5.20. The van der Waals surface area contributed by atoms with Crippen LogP contribution in [0.1, 0.15) is 41.3 Å². The van der Waals surface area contributed by atoms with Crippen molar-refractivity contribution in [2.45, 2.75) is 26.2 Å². The molecule has 0 aliphatic rings. The number of carbonyl (C=O) groups is 1. The van der Waals surface area contributed by atoms with E-state index >= 15 is 0 Å². The zero-order chi connectivity index (χ0) is 14.5. The van der Waals surface area contributed by atoms with Crippen LogP contribution < -0.4 is 4.74 Å². The first kappa shape index (κ1) is 14.3. The number of ether oxygens (including phenoxy) is 1. The van der Waals surface area contributed by atoms with E-state index < -0.39 is 0 Å². The second kappa shape index (κ2) is 6.38. The van der Waals surface area contributed by atoms with Crippen LogP contribution in [0.25, 0.3) is 0 Å². The van der Waals surface area contributed by atoms with E-state index in [1.165, 1.54) is 5.56 Å². The molecule has 0 spiro atoms. The average Bonchev–Trinajstić information content (AvgIpc) is 2.47. The summed E-state index contributed by atoms with van der Waals surface area (Å²) in [6.07, 6.45) is 0.402.